The van der Waals surface area contributed by atoms with Crippen molar-refractivity contribution in [2.45, 2.75) is 0 Å². The summed E-state index contributed by atoms with van der Waals surface area (Å²) in [5, 5.41) is 20.6. The summed E-state index contributed by atoms with van der Waals surface area (Å²) < 4.78 is 28.4. The van der Waals surface area contributed by atoms with Crippen LogP contribution < -0.4 is 17.8 Å². The van der Waals surface area contributed by atoms with E-state index in [-0.39, 0.29) is 0 Å². The van der Waals surface area contributed by atoms with Crippen molar-refractivity contribution in [1.29, 1.82) is 0 Å². The van der Waals surface area contributed by atoms with Crippen LogP contribution in [0.5, 0.6) is 0 Å². The second kappa shape index (κ2) is 8.20. The number of hydrogen-bond acceptors (Lipinski definition) is 2. The van der Waals surface area contributed by atoms with Crippen molar-refractivity contribution in [3.8, 4) is 0 Å². The zero-order valence-corrected chi connectivity index (χ0v) is 26.8. The third-order valence-electron chi connectivity index (χ3n) is 10.00. The predicted octanol–water partition coefficient (Wildman–Crippen LogP) is 6.47. The first kappa shape index (κ1) is 24.0. The average Bonchev–Trinajstić information content (AvgIpc) is 3.55. The maximum absolute atomic E-state index is 13.0. The molecular formula is C40H22O2Se2. The van der Waals surface area contributed by atoms with Gasteiger partial charge in [-0.1, -0.05) is 0 Å². The fourth-order valence-electron chi connectivity index (χ4n) is 8.27. The Hall–Kier alpha value is -4.40. The molecule has 0 amide bonds. The summed E-state index contributed by atoms with van der Waals surface area (Å²) in [4.78, 5) is 0. The normalized spacial score (nSPS) is 14.8. The van der Waals surface area contributed by atoms with E-state index in [4.69, 9.17) is 0 Å². The Morgan fingerprint density at radius 2 is 0.727 bits per heavy atom. The molecule has 0 saturated carbocycles. The van der Waals surface area contributed by atoms with E-state index in [1.807, 2.05) is 0 Å². The molecule has 0 saturated heterocycles. The van der Waals surface area contributed by atoms with Gasteiger partial charge in [-0.05, 0) is 0 Å². The number of rotatable bonds is 0. The molecule has 10 aromatic rings. The molecule has 12 rings (SSSR count). The molecule has 0 spiro atoms. The van der Waals surface area contributed by atoms with Gasteiger partial charge in [0.15, 0.2) is 0 Å². The van der Waals surface area contributed by atoms with Crippen LogP contribution in [-0.2, 0) is 3.83 Å². The molecule has 44 heavy (non-hydrogen) atoms. The summed E-state index contributed by atoms with van der Waals surface area (Å²) in [5.74, 6) is 0. The Morgan fingerprint density at radius 1 is 0.386 bits per heavy atom. The van der Waals surface area contributed by atoms with Gasteiger partial charge in [0.05, 0.1) is 0 Å². The van der Waals surface area contributed by atoms with Crippen molar-refractivity contribution in [1.82, 2.24) is 0 Å². The molecule has 0 fully saturated rings. The predicted molar refractivity (Wildman–Crippen MR) is 190 cm³/mol. The van der Waals surface area contributed by atoms with Gasteiger partial charge in [0.1, 0.15) is 0 Å². The summed E-state index contributed by atoms with van der Waals surface area (Å²) >= 11 is -4.24. The van der Waals surface area contributed by atoms with Crippen LogP contribution in [0.25, 0.3) is 86.2 Å². The molecule has 10 aromatic carbocycles. The summed E-state index contributed by atoms with van der Waals surface area (Å²) in [7, 11) is 0. The minimum atomic E-state index is -2.13. The first-order valence-electron chi connectivity index (χ1n) is 14.8. The van der Waals surface area contributed by atoms with Crippen LogP contribution in [0.3, 0.4) is 0 Å². The Kier molecular flexibility index (Phi) is 4.47. The van der Waals surface area contributed by atoms with Gasteiger partial charge in [-0.2, -0.15) is 0 Å². The molecule has 0 atom stereocenters. The molecule has 4 heteroatoms. The van der Waals surface area contributed by atoms with Crippen molar-refractivity contribution in [2.75, 3.05) is 0 Å². The second-order valence-corrected chi connectivity index (χ2v) is 18.3. The van der Waals surface area contributed by atoms with Crippen molar-refractivity contribution >= 4 is 132 Å². The van der Waals surface area contributed by atoms with Crippen LogP contribution in [-0.4, -0.2) is 32.3 Å². The molecule has 0 unspecified atom stereocenters. The third-order valence-corrected chi connectivity index (χ3v) is 16.6. The van der Waals surface area contributed by atoms with E-state index in [1.54, 1.807) is 0 Å². The number of benzene rings is 10. The van der Waals surface area contributed by atoms with Gasteiger partial charge < -0.3 is 0 Å². The summed E-state index contributed by atoms with van der Waals surface area (Å²) in [5.41, 5.74) is 0. The third kappa shape index (κ3) is 2.74. The molecule has 0 aliphatic carbocycles. The van der Waals surface area contributed by atoms with Gasteiger partial charge >= 0.3 is 261 Å². The molecule has 2 nitrogen and oxygen atoms in total. The van der Waals surface area contributed by atoms with E-state index < -0.39 is 28.1 Å². The van der Waals surface area contributed by atoms with Gasteiger partial charge in [-0.15, -0.1) is 0 Å². The van der Waals surface area contributed by atoms with Gasteiger partial charge in [0, 0.05) is 0 Å². The van der Waals surface area contributed by atoms with E-state index in [2.05, 4.69) is 121 Å². The minimum absolute atomic E-state index is 1.07. The molecule has 0 aromatic heterocycles. The average molecular weight is 693 g/mol. The Morgan fingerprint density at radius 3 is 1.11 bits per heavy atom. The Bertz CT molecular complexity index is 2730. The first-order chi connectivity index (χ1) is 21.7. The zero-order chi connectivity index (χ0) is 28.8. The Labute approximate surface area is 260 Å². The van der Waals surface area contributed by atoms with Gasteiger partial charge in [-0.3, -0.25) is 0 Å². The molecule has 206 valence electrons. The maximum atomic E-state index is 13.0. The van der Waals surface area contributed by atoms with Crippen LogP contribution in [0, 0.1) is 0 Å². The van der Waals surface area contributed by atoms with E-state index in [0.29, 0.717) is 0 Å². The van der Waals surface area contributed by atoms with Gasteiger partial charge in [-0.25, -0.2) is 0 Å². The van der Waals surface area contributed by atoms with Gasteiger partial charge in [0.25, 0.3) is 0 Å². The van der Waals surface area contributed by atoms with Crippen molar-refractivity contribution in [3.63, 3.8) is 0 Å². The van der Waals surface area contributed by atoms with Crippen molar-refractivity contribution in [2.24, 2.45) is 0 Å². The molecule has 2 aliphatic rings. The fraction of sp³-hybridized carbons (Fsp3) is 0. The number of fused-ring (bicyclic) bond motifs is 2. The summed E-state index contributed by atoms with van der Waals surface area (Å²) in [6, 6.07) is 43.1. The summed E-state index contributed by atoms with van der Waals surface area (Å²) in [6.07, 6.45) is 0. The number of hydrogen-bond donors (Lipinski definition) is 1. The van der Waals surface area contributed by atoms with Crippen LogP contribution in [0.4, 0.5) is 0 Å². The van der Waals surface area contributed by atoms with Crippen LogP contribution in [0.1, 0.15) is 0 Å². The molecule has 2 aliphatic heterocycles. The fourth-order valence-corrected chi connectivity index (χ4v) is 14.5. The van der Waals surface area contributed by atoms with Crippen LogP contribution in [0.15, 0.2) is 121 Å². The topological polar surface area (TPSA) is 37.3 Å². The Balaban J connectivity index is 0.000000110. The van der Waals surface area contributed by atoms with Crippen LogP contribution >= 0.6 is 0 Å². The van der Waals surface area contributed by atoms with E-state index in [9.17, 15) is 8.02 Å². The zero-order valence-electron chi connectivity index (χ0n) is 23.3. The summed E-state index contributed by atoms with van der Waals surface area (Å²) in [6.45, 7) is 0. The van der Waals surface area contributed by atoms with E-state index >= 15 is 0 Å². The molecule has 2 heterocycles. The van der Waals surface area contributed by atoms with Crippen molar-refractivity contribution < 1.29 is 8.02 Å². The molecule has 1 N–H and O–H groups in total. The van der Waals surface area contributed by atoms with E-state index in [1.165, 1.54) is 95.1 Å². The molecule has 0 bridgehead atoms. The van der Waals surface area contributed by atoms with E-state index in [0.717, 1.165) is 8.92 Å². The standard InChI is InChI=1S/C20H12OSe.C20H10OSe/c2*21-22-15-9-7-11-3-1-5-13-14-6-2-4-12-8-10-16(22)20(18(12)14)19(15)17(11)13/h1-10,21-22H;1-10H. The first-order valence-corrected chi connectivity index (χ1v) is 20.0. The SMILES string of the molecule is O=[Se]1c2ccc3cccc4c5cccc6ccc1c(c2c34)c65.O[SeH]1c2ccc3cccc4c5cccc6ccc1c(c2c34)c65. The second-order valence-electron chi connectivity index (χ2n) is 12.0. The quantitative estimate of drug-likeness (QED) is 0.113. The monoisotopic (exact) mass is 694 g/mol. The molecular weight excluding hydrogens is 670 g/mol. The van der Waals surface area contributed by atoms with Crippen LogP contribution in [0.2, 0.25) is 0 Å². The van der Waals surface area contributed by atoms with Crippen molar-refractivity contribution in [3.05, 3.63) is 121 Å². The van der Waals surface area contributed by atoms with Gasteiger partial charge in [0.2, 0.25) is 0 Å². The molecule has 0 radical (unpaired) electrons.